The number of likely N-dealkylation sites (N-methyl/N-ethyl adjacent to an activating group) is 1. The Morgan fingerprint density at radius 1 is 1.42 bits per heavy atom. The molecule has 0 aliphatic rings. The second kappa shape index (κ2) is 7.28. The number of Topliss-reactive ketones (excluding diaryl/α,β-unsaturated/α-hetero) is 1. The zero-order valence-corrected chi connectivity index (χ0v) is 10.9. The third-order valence-electron chi connectivity index (χ3n) is 2.54. The quantitative estimate of drug-likeness (QED) is 0.755. The molecule has 0 aliphatic heterocycles. The lowest BCUT2D eigenvalue weighted by atomic mass is 10.1. The Balaban J connectivity index is 2.64. The molecule has 0 fully saturated rings. The van der Waals surface area contributed by atoms with Crippen LogP contribution in [0.15, 0.2) is 18.2 Å². The van der Waals surface area contributed by atoms with E-state index in [2.05, 4.69) is 0 Å². The van der Waals surface area contributed by atoms with Gasteiger partial charge in [-0.05, 0) is 19.2 Å². The fraction of sp³-hybridized carbons (Fsp3) is 0.462. The molecule has 0 bridgehead atoms. The largest absolute Gasteiger partial charge is 0.389 e. The summed E-state index contributed by atoms with van der Waals surface area (Å²) in [6.45, 7) is 0.126. The standard InChI is InChI=1S/C13H17F2NO3/c1-16(6-9(17)8-19-2)7-12(18)13-10(14)4-3-5-11(13)15/h3-5,9,17H,6-8H2,1-2H3. The first-order valence-electron chi connectivity index (χ1n) is 5.78. The lowest BCUT2D eigenvalue weighted by molar-refractivity contribution is 0.0427. The molecular formula is C13H17F2NO3. The van der Waals surface area contributed by atoms with Gasteiger partial charge >= 0.3 is 0 Å². The van der Waals surface area contributed by atoms with Crippen LogP contribution in [0.4, 0.5) is 8.78 Å². The summed E-state index contributed by atoms with van der Waals surface area (Å²) in [7, 11) is 3.03. The average Bonchev–Trinajstić information content (AvgIpc) is 2.28. The minimum atomic E-state index is -0.879. The minimum Gasteiger partial charge on any atom is -0.389 e. The highest BCUT2D eigenvalue weighted by Gasteiger charge is 2.19. The van der Waals surface area contributed by atoms with E-state index in [1.165, 1.54) is 18.1 Å². The van der Waals surface area contributed by atoms with Crippen molar-refractivity contribution in [1.29, 1.82) is 0 Å². The molecule has 6 heteroatoms. The van der Waals surface area contributed by atoms with Gasteiger partial charge in [-0.3, -0.25) is 9.69 Å². The fourth-order valence-corrected chi connectivity index (χ4v) is 1.76. The van der Waals surface area contributed by atoms with Gasteiger partial charge in [0.05, 0.1) is 24.8 Å². The Bertz CT molecular complexity index is 420. The van der Waals surface area contributed by atoms with Crippen LogP contribution in [0.25, 0.3) is 0 Å². The van der Waals surface area contributed by atoms with Crippen LogP contribution in [0.5, 0.6) is 0 Å². The van der Waals surface area contributed by atoms with Crippen LogP contribution < -0.4 is 0 Å². The van der Waals surface area contributed by atoms with E-state index in [1.54, 1.807) is 7.05 Å². The van der Waals surface area contributed by atoms with Crippen molar-refractivity contribution in [2.75, 3.05) is 33.9 Å². The van der Waals surface area contributed by atoms with Gasteiger partial charge in [0, 0.05) is 13.7 Å². The number of benzene rings is 1. The molecule has 19 heavy (non-hydrogen) atoms. The summed E-state index contributed by atoms with van der Waals surface area (Å²) >= 11 is 0. The number of ketones is 1. The van der Waals surface area contributed by atoms with Crippen molar-refractivity contribution in [3.8, 4) is 0 Å². The summed E-state index contributed by atoms with van der Waals surface area (Å²) < 4.78 is 31.5. The Morgan fingerprint density at radius 3 is 2.53 bits per heavy atom. The zero-order valence-electron chi connectivity index (χ0n) is 10.9. The summed E-state index contributed by atoms with van der Waals surface area (Å²) in [5.74, 6) is -2.42. The van der Waals surface area contributed by atoms with E-state index in [1.807, 2.05) is 0 Å². The normalized spacial score (nSPS) is 12.7. The van der Waals surface area contributed by atoms with Crippen molar-refractivity contribution in [3.05, 3.63) is 35.4 Å². The van der Waals surface area contributed by atoms with Crippen molar-refractivity contribution >= 4 is 5.78 Å². The Kier molecular flexibility index (Phi) is 6.01. The number of ether oxygens (including phenoxy) is 1. The molecule has 106 valence electrons. The number of hydrogen-bond acceptors (Lipinski definition) is 4. The number of nitrogens with zero attached hydrogens (tertiary/aromatic N) is 1. The maximum Gasteiger partial charge on any atom is 0.182 e. The SMILES string of the molecule is COCC(O)CN(C)CC(=O)c1c(F)cccc1F. The van der Waals surface area contributed by atoms with Crippen LogP contribution in [0.1, 0.15) is 10.4 Å². The highest BCUT2D eigenvalue weighted by Crippen LogP contribution is 2.13. The van der Waals surface area contributed by atoms with Gasteiger partial charge in [0.15, 0.2) is 5.78 Å². The predicted octanol–water partition coefficient (Wildman–Crippen LogP) is 1.09. The van der Waals surface area contributed by atoms with Crippen LogP contribution in [-0.2, 0) is 4.74 Å². The first-order chi connectivity index (χ1) is 8.95. The maximum atomic E-state index is 13.4. The van der Waals surface area contributed by atoms with E-state index in [0.29, 0.717) is 0 Å². The van der Waals surface area contributed by atoms with Gasteiger partial charge in [0.25, 0.3) is 0 Å². The molecule has 0 radical (unpaired) electrons. The number of hydrogen-bond donors (Lipinski definition) is 1. The summed E-state index contributed by atoms with van der Waals surface area (Å²) in [6.07, 6.45) is -0.756. The van der Waals surface area contributed by atoms with Gasteiger partial charge < -0.3 is 9.84 Å². The number of methoxy groups -OCH3 is 1. The molecule has 0 aliphatic carbocycles. The first-order valence-corrected chi connectivity index (χ1v) is 5.78. The van der Waals surface area contributed by atoms with Gasteiger partial charge in [-0.2, -0.15) is 0 Å². The van der Waals surface area contributed by atoms with Crippen molar-refractivity contribution in [1.82, 2.24) is 4.90 Å². The van der Waals surface area contributed by atoms with Gasteiger partial charge in [-0.25, -0.2) is 8.78 Å². The molecule has 0 amide bonds. The summed E-state index contributed by atoms with van der Waals surface area (Å²) in [6, 6.07) is 3.28. The van der Waals surface area contributed by atoms with E-state index in [9.17, 15) is 18.7 Å². The predicted molar refractivity (Wildman–Crippen MR) is 66.1 cm³/mol. The third kappa shape index (κ3) is 4.66. The Hall–Kier alpha value is -1.37. The van der Waals surface area contributed by atoms with E-state index >= 15 is 0 Å². The van der Waals surface area contributed by atoms with E-state index in [-0.39, 0.29) is 19.7 Å². The second-order valence-electron chi connectivity index (χ2n) is 4.33. The molecule has 0 saturated heterocycles. The second-order valence-corrected chi connectivity index (χ2v) is 4.33. The average molecular weight is 273 g/mol. The number of aliphatic hydroxyl groups is 1. The number of halogens is 2. The lowest BCUT2D eigenvalue weighted by Gasteiger charge is -2.19. The van der Waals surface area contributed by atoms with Crippen LogP contribution in [0.3, 0.4) is 0 Å². The smallest absolute Gasteiger partial charge is 0.182 e. The minimum absolute atomic E-state index is 0.132. The summed E-state index contributed by atoms with van der Waals surface area (Å²) in [4.78, 5) is 13.3. The summed E-state index contributed by atoms with van der Waals surface area (Å²) in [5.41, 5.74) is -0.546. The maximum absolute atomic E-state index is 13.4. The van der Waals surface area contributed by atoms with Crippen LogP contribution in [-0.4, -0.2) is 55.7 Å². The molecule has 0 spiro atoms. The van der Waals surface area contributed by atoms with E-state index in [0.717, 1.165) is 12.1 Å². The number of aliphatic hydroxyl groups excluding tert-OH is 1. The van der Waals surface area contributed by atoms with E-state index in [4.69, 9.17) is 4.74 Å². The topological polar surface area (TPSA) is 49.8 Å². The zero-order chi connectivity index (χ0) is 14.4. The van der Waals surface area contributed by atoms with Gasteiger partial charge in [0.1, 0.15) is 11.6 Å². The fourth-order valence-electron chi connectivity index (χ4n) is 1.76. The van der Waals surface area contributed by atoms with Crippen molar-refractivity contribution in [2.24, 2.45) is 0 Å². The lowest BCUT2D eigenvalue weighted by Crippen LogP contribution is -2.35. The van der Waals surface area contributed by atoms with Crippen molar-refractivity contribution in [3.63, 3.8) is 0 Å². The molecule has 1 atom stereocenters. The molecule has 1 aromatic rings. The summed E-state index contributed by atoms with van der Waals surface area (Å²) in [5, 5.41) is 9.49. The molecular weight excluding hydrogens is 256 g/mol. The number of carbonyl (C=O) groups excluding carboxylic acids is 1. The van der Waals surface area contributed by atoms with Gasteiger partial charge in [-0.1, -0.05) is 6.07 Å². The van der Waals surface area contributed by atoms with Crippen LogP contribution in [0, 0.1) is 11.6 Å². The van der Waals surface area contributed by atoms with Crippen molar-refractivity contribution < 1.29 is 23.4 Å². The highest BCUT2D eigenvalue weighted by molar-refractivity contribution is 5.98. The number of rotatable bonds is 7. The molecule has 1 unspecified atom stereocenters. The molecule has 0 heterocycles. The van der Waals surface area contributed by atoms with Crippen molar-refractivity contribution in [2.45, 2.75) is 6.10 Å². The Morgan fingerprint density at radius 2 is 2.00 bits per heavy atom. The molecule has 1 N–H and O–H groups in total. The Labute approximate surface area is 110 Å². The van der Waals surface area contributed by atoms with Crippen LogP contribution >= 0.6 is 0 Å². The molecule has 0 saturated carbocycles. The van der Waals surface area contributed by atoms with Crippen LogP contribution in [0.2, 0.25) is 0 Å². The van der Waals surface area contributed by atoms with E-state index < -0.39 is 29.1 Å². The molecule has 0 aromatic heterocycles. The molecule has 1 aromatic carbocycles. The van der Waals surface area contributed by atoms with Gasteiger partial charge in [-0.15, -0.1) is 0 Å². The number of carbonyl (C=O) groups is 1. The highest BCUT2D eigenvalue weighted by atomic mass is 19.1. The monoisotopic (exact) mass is 273 g/mol. The third-order valence-corrected chi connectivity index (χ3v) is 2.54. The molecule has 1 rings (SSSR count). The van der Waals surface area contributed by atoms with Gasteiger partial charge in [0.2, 0.25) is 0 Å². The first kappa shape index (κ1) is 15.7. The molecule has 4 nitrogen and oxygen atoms in total.